The van der Waals surface area contributed by atoms with Crippen LogP contribution < -0.4 is 5.32 Å². The van der Waals surface area contributed by atoms with Crippen molar-refractivity contribution in [1.82, 2.24) is 30.4 Å². The van der Waals surface area contributed by atoms with Gasteiger partial charge in [-0.15, -0.1) is 27.8 Å². The Hall–Kier alpha value is -2.10. The Balaban J connectivity index is 1.48. The van der Waals surface area contributed by atoms with E-state index in [9.17, 15) is 4.79 Å². The number of carbonyl (C=O) groups is 1. The summed E-state index contributed by atoms with van der Waals surface area (Å²) >= 11 is 3.15. The second-order valence-corrected chi connectivity index (χ2v) is 7.77. The van der Waals surface area contributed by atoms with Crippen molar-refractivity contribution >= 4 is 28.6 Å². The van der Waals surface area contributed by atoms with E-state index in [1.807, 2.05) is 11.4 Å². The standard InChI is InChI=1S/C16H18N6OS2/c23-16(15-12(5-9-25-15)22-11-18-19-20-22)17-10-13(14-4-3-8-24-14)21-6-1-2-7-21/h3-5,8-9,11,13H,1-2,6-7,10H2,(H,17,23)/t13-/m1/s1. The number of aromatic nitrogens is 4. The van der Waals surface area contributed by atoms with Crippen molar-refractivity contribution in [2.24, 2.45) is 0 Å². The van der Waals surface area contributed by atoms with Gasteiger partial charge in [0.2, 0.25) is 0 Å². The van der Waals surface area contributed by atoms with E-state index in [1.54, 1.807) is 11.3 Å². The zero-order valence-corrected chi connectivity index (χ0v) is 15.2. The van der Waals surface area contributed by atoms with E-state index in [2.05, 4.69) is 43.3 Å². The quantitative estimate of drug-likeness (QED) is 0.717. The number of rotatable bonds is 6. The summed E-state index contributed by atoms with van der Waals surface area (Å²) in [6.07, 6.45) is 3.95. The fourth-order valence-electron chi connectivity index (χ4n) is 3.14. The molecular weight excluding hydrogens is 356 g/mol. The molecule has 7 nitrogen and oxygen atoms in total. The van der Waals surface area contributed by atoms with E-state index in [0.29, 0.717) is 17.1 Å². The molecule has 130 valence electrons. The van der Waals surface area contributed by atoms with Gasteiger partial charge in [-0.3, -0.25) is 9.69 Å². The molecule has 0 unspecified atom stereocenters. The summed E-state index contributed by atoms with van der Waals surface area (Å²) in [6.45, 7) is 2.78. The second kappa shape index (κ2) is 7.42. The van der Waals surface area contributed by atoms with Crippen LogP contribution >= 0.6 is 22.7 Å². The first-order chi connectivity index (χ1) is 12.3. The lowest BCUT2D eigenvalue weighted by Gasteiger charge is -2.26. The van der Waals surface area contributed by atoms with Gasteiger partial charge in [0.1, 0.15) is 11.2 Å². The van der Waals surface area contributed by atoms with Gasteiger partial charge >= 0.3 is 0 Å². The number of likely N-dealkylation sites (tertiary alicyclic amines) is 1. The summed E-state index contributed by atoms with van der Waals surface area (Å²) in [4.78, 5) is 17.1. The molecule has 0 bridgehead atoms. The van der Waals surface area contributed by atoms with E-state index >= 15 is 0 Å². The minimum absolute atomic E-state index is 0.0822. The van der Waals surface area contributed by atoms with Crippen LogP contribution in [0.1, 0.15) is 33.4 Å². The lowest BCUT2D eigenvalue weighted by molar-refractivity contribution is 0.0942. The van der Waals surface area contributed by atoms with Gasteiger partial charge in [0.25, 0.3) is 5.91 Å². The molecule has 1 N–H and O–H groups in total. The maximum Gasteiger partial charge on any atom is 0.263 e. The highest BCUT2D eigenvalue weighted by Crippen LogP contribution is 2.28. The molecule has 9 heteroatoms. The van der Waals surface area contributed by atoms with E-state index in [-0.39, 0.29) is 11.9 Å². The van der Waals surface area contributed by atoms with Gasteiger partial charge in [0.05, 0.1) is 11.7 Å². The largest absolute Gasteiger partial charge is 0.349 e. The van der Waals surface area contributed by atoms with Crippen LogP contribution in [0.2, 0.25) is 0 Å². The maximum absolute atomic E-state index is 12.7. The molecule has 1 amide bonds. The molecule has 1 atom stereocenters. The van der Waals surface area contributed by atoms with Crippen molar-refractivity contribution in [2.45, 2.75) is 18.9 Å². The van der Waals surface area contributed by atoms with Crippen LogP contribution in [0.25, 0.3) is 5.69 Å². The summed E-state index contributed by atoms with van der Waals surface area (Å²) in [6, 6.07) is 6.31. The van der Waals surface area contributed by atoms with Gasteiger partial charge in [-0.05, 0) is 59.3 Å². The average Bonchev–Trinajstić information content (AvgIpc) is 3.43. The van der Waals surface area contributed by atoms with Crippen molar-refractivity contribution in [3.8, 4) is 5.69 Å². The number of hydrogen-bond donors (Lipinski definition) is 1. The summed E-state index contributed by atoms with van der Waals surface area (Å²) in [5.74, 6) is -0.0822. The van der Waals surface area contributed by atoms with Crippen molar-refractivity contribution in [1.29, 1.82) is 0 Å². The number of carbonyl (C=O) groups excluding carboxylic acids is 1. The van der Waals surface area contributed by atoms with Crippen LogP contribution in [0, 0.1) is 0 Å². The summed E-state index contributed by atoms with van der Waals surface area (Å²) in [5.41, 5.74) is 0.710. The number of tetrazole rings is 1. The van der Waals surface area contributed by atoms with Gasteiger partial charge in [-0.1, -0.05) is 6.07 Å². The number of thiophene rings is 2. The molecule has 4 heterocycles. The van der Waals surface area contributed by atoms with Gasteiger partial charge in [0, 0.05) is 11.4 Å². The molecule has 3 aromatic rings. The number of amides is 1. The van der Waals surface area contributed by atoms with Gasteiger partial charge in [0.15, 0.2) is 0 Å². The maximum atomic E-state index is 12.7. The van der Waals surface area contributed by atoms with Crippen LogP contribution in [0.3, 0.4) is 0 Å². The van der Waals surface area contributed by atoms with Gasteiger partial charge in [-0.25, -0.2) is 0 Å². The number of hydrogen-bond acceptors (Lipinski definition) is 7. The molecule has 1 saturated heterocycles. The molecule has 1 fully saturated rings. The molecule has 0 saturated carbocycles. The average molecular weight is 374 g/mol. The zero-order chi connectivity index (χ0) is 17.1. The van der Waals surface area contributed by atoms with E-state index < -0.39 is 0 Å². The monoisotopic (exact) mass is 374 g/mol. The highest BCUT2D eigenvalue weighted by Gasteiger charge is 2.25. The van der Waals surface area contributed by atoms with Crippen LogP contribution in [0.5, 0.6) is 0 Å². The summed E-state index contributed by atoms with van der Waals surface area (Å²) < 4.78 is 1.52. The van der Waals surface area contributed by atoms with E-state index in [1.165, 1.54) is 40.1 Å². The van der Waals surface area contributed by atoms with Crippen LogP contribution in [0.15, 0.2) is 35.3 Å². The number of nitrogens with zero attached hydrogens (tertiary/aromatic N) is 5. The molecule has 0 aromatic carbocycles. The molecule has 4 rings (SSSR count). The molecule has 3 aromatic heterocycles. The normalized spacial score (nSPS) is 16.2. The van der Waals surface area contributed by atoms with E-state index in [4.69, 9.17) is 0 Å². The lowest BCUT2D eigenvalue weighted by atomic mass is 10.2. The van der Waals surface area contributed by atoms with Crippen LogP contribution in [-0.4, -0.2) is 50.6 Å². The Morgan fingerprint density at radius 3 is 2.84 bits per heavy atom. The van der Waals surface area contributed by atoms with Crippen molar-refractivity contribution in [3.63, 3.8) is 0 Å². The van der Waals surface area contributed by atoms with Crippen molar-refractivity contribution in [3.05, 3.63) is 45.0 Å². The summed E-state index contributed by atoms with van der Waals surface area (Å²) in [5, 5.41) is 18.2. The first-order valence-corrected chi connectivity index (χ1v) is 9.95. The summed E-state index contributed by atoms with van der Waals surface area (Å²) in [7, 11) is 0. The molecule has 0 radical (unpaired) electrons. The molecule has 25 heavy (non-hydrogen) atoms. The first kappa shape index (κ1) is 16.4. The minimum atomic E-state index is -0.0822. The Morgan fingerprint density at radius 1 is 1.24 bits per heavy atom. The van der Waals surface area contributed by atoms with Crippen molar-refractivity contribution in [2.75, 3.05) is 19.6 Å². The fourth-order valence-corrected chi connectivity index (χ4v) is 4.79. The topological polar surface area (TPSA) is 75.9 Å². The Kier molecular flexibility index (Phi) is 4.86. The molecule has 0 aliphatic carbocycles. The molecule has 1 aliphatic heterocycles. The lowest BCUT2D eigenvalue weighted by Crippen LogP contribution is -2.36. The smallest absolute Gasteiger partial charge is 0.263 e. The molecule has 0 spiro atoms. The third-order valence-corrected chi connectivity index (χ3v) is 6.23. The van der Waals surface area contributed by atoms with Gasteiger partial charge in [-0.2, -0.15) is 4.68 Å². The van der Waals surface area contributed by atoms with Crippen LogP contribution in [-0.2, 0) is 0 Å². The van der Waals surface area contributed by atoms with E-state index in [0.717, 1.165) is 13.1 Å². The van der Waals surface area contributed by atoms with Crippen molar-refractivity contribution < 1.29 is 4.79 Å². The van der Waals surface area contributed by atoms with Crippen LogP contribution in [0.4, 0.5) is 0 Å². The SMILES string of the molecule is O=C(NC[C@H](c1cccs1)N1CCCC1)c1sccc1-n1cnnn1. The Labute approximate surface area is 153 Å². The fraction of sp³-hybridized carbons (Fsp3) is 0.375. The van der Waals surface area contributed by atoms with Gasteiger partial charge < -0.3 is 5.32 Å². The zero-order valence-electron chi connectivity index (χ0n) is 13.5. The number of nitrogens with one attached hydrogen (secondary N) is 1. The Morgan fingerprint density at radius 2 is 2.12 bits per heavy atom. The second-order valence-electron chi connectivity index (χ2n) is 5.87. The molecule has 1 aliphatic rings. The third-order valence-electron chi connectivity index (χ3n) is 4.36. The predicted molar refractivity (Wildman–Crippen MR) is 97.2 cm³/mol. The first-order valence-electron chi connectivity index (χ1n) is 8.19. The highest BCUT2D eigenvalue weighted by molar-refractivity contribution is 7.12. The third kappa shape index (κ3) is 3.48. The predicted octanol–water partition coefficient (Wildman–Crippen LogP) is 2.35. The minimum Gasteiger partial charge on any atom is -0.349 e. The highest BCUT2D eigenvalue weighted by atomic mass is 32.1. The molecular formula is C16H18N6OS2. The Bertz CT molecular complexity index is 808.